The van der Waals surface area contributed by atoms with Crippen molar-refractivity contribution in [3.05, 3.63) is 4.91 Å². The third kappa shape index (κ3) is 44.9. The lowest BCUT2D eigenvalue weighted by Gasteiger charge is -1.69. The Labute approximate surface area is 57.0 Å². The zero-order chi connectivity index (χ0) is 6.28. The van der Waals surface area contributed by atoms with Crippen molar-refractivity contribution in [2.45, 2.75) is 0 Å². The molecule has 0 aliphatic carbocycles. The van der Waals surface area contributed by atoms with E-state index in [1.165, 1.54) is 0 Å². The van der Waals surface area contributed by atoms with Gasteiger partial charge in [0.1, 0.15) is 5.88 Å². The smallest absolute Gasteiger partial charge is 0.318 e. The van der Waals surface area contributed by atoms with E-state index >= 15 is 0 Å². The Hall–Kier alpha value is -0.350. The Balaban J connectivity index is -0.0000000750. The van der Waals surface area contributed by atoms with Crippen molar-refractivity contribution in [2.75, 3.05) is 5.88 Å². The average Bonchev–Trinajstić information content (AvgIpc) is 1.73. The number of carbonyl (C=O) groups is 1. The molecule has 0 amide bonds. The van der Waals surface area contributed by atoms with Crippen molar-refractivity contribution in [3.63, 3.8) is 0 Å². The molecule has 0 radical (unpaired) electrons. The van der Waals surface area contributed by atoms with Gasteiger partial charge >= 0.3 is 5.97 Å². The first-order chi connectivity index (χ1) is 3.27. The molecule has 0 spiro atoms. The van der Waals surface area contributed by atoms with E-state index in [-0.39, 0.29) is 18.3 Å². The molecule has 6 heteroatoms. The number of carboxylic acids is 1. The molecule has 0 heterocycles. The number of nitroso groups, excluding NO2 is 1. The van der Waals surface area contributed by atoms with Crippen LogP contribution in [-0.4, -0.2) is 17.0 Å². The largest absolute Gasteiger partial charge is 0.480 e. The van der Waals surface area contributed by atoms with Gasteiger partial charge < -0.3 is 5.11 Å². The van der Waals surface area contributed by atoms with Gasteiger partial charge in [-0.05, 0) is 0 Å². The lowest BCUT2D eigenvalue weighted by Crippen LogP contribution is -1.92. The first-order valence-corrected chi connectivity index (χ1v) is 1.79. The predicted octanol–water partition coefficient (Wildman–Crippen LogP) is 1.06. The summed E-state index contributed by atoms with van der Waals surface area (Å²) in [5, 5.41) is 7.59. The molecule has 0 fully saturated rings. The van der Waals surface area contributed by atoms with E-state index in [0.29, 0.717) is 0 Å². The predicted molar refractivity (Wildman–Crippen MR) is 31.7 cm³/mol. The Bertz CT molecular complexity index is 59.2. The molecular weight excluding hydrogens is 157 g/mol. The van der Waals surface area contributed by atoms with Crippen LogP contribution in [0.5, 0.6) is 0 Å². The summed E-state index contributed by atoms with van der Waals surface area (Å²) in [4.78, 5) is 16.7. The minimum Gasteiger partial charge on any atom is -0.480 e. The summed E-state index contributed by atoms with van der Waals surface area (Å²) in [6, 6.07) is 0. The Morgan fingerprint density at radius 3 is 1.75 bits per heavy atom. The fourth-order valence-corrected chi connectivity index (χ4v) is 0. The maximum absolute atomic E-state index is 9.24. The summed E-state index contributed by atoms with van der Waals surface area (Å²) in [6.07, 6.45) is 0. The van der Waals surface area contributed by atoms with E-state index in [1.807, 2.05) is 0 Å². The summed E-state index contributed by atoms with van der Waals surface area (Å²) in [6.45, 7) is 0. The second-order valence-corrected chi connectivity index (χ2v) is 0.795. The van der Waals surface area contributed by atoms with Gasteiger partial charge in [-0.1, -0.05) is 5.59 Å². The first kappa shape index (κ1) is 15.6. The van der Waals surface area contributed by atoms with Crippen molar-refractivity contribution >= 4 is 30.0 Å². The van der Waals surface area contributed by atoms with E-state index in [4.69, 9.17) is 21.6 Å². The molecule has 0 atom stereocenters. The summed E-state index contributed by atoms with van der Waals surface area (Å²) in [7, 11) is 0. The molecule has 50 valence electrons. The van der Waals surface area contributed by atoms with E-state index in [9.17, 15) is 4.79 Å². The van der Waals surface area contributed by atoms with Gasteiger partial charge in [0.25, 0.3) is 0 Å². The number of rotatable bonds is 1. The number of alkyl halides is 1. The van der Waals surface area contributed by atoms with Gasteiger partial charge in [0.05, 0.1) is 0 Å². The van der Waals surface area contributed by atoms with Crippen molar-refractivity contribution in [1.82, 2.24) is 0 Å². The minimum atomic E-state index is -0.980. The van der Waals surface area contributed by atoms with Gasteiger partial charge in [-0.15, -0.1) is 24.0 Å². The van der Waals surface area contributed by atoms with Gasteiger partial charge in [0, 0.05) is 0 Å². The number of hydrogen-bond acceptors (Lipinski definition) is 3. The number of aliphatic carboxylic acids is 1. The van der Waals surface area contributed by atoms with E-state index in [2.05, 4.69) is 5.59 Å². The van der Waals surface area contributed by atoms with Crippen LogP contribution in [0.3, 0.4) is 0 Å². The third-order valence-electron chi connectivity index (χ3n) is 0.114. The van der Waals surface area contributed by atoms with Gasteiger partial charge in [0.15, 0.2) is 0 Å². The molecule has 0 bridgehead atoms. The van der Waals surface area contributed by atoms with Crippen LogP contribution >= 0.6 is 24.0 Å². The highest BCUT2D eigenvalue weighted by Crippen LogP contribution is 1.67. The molecule has 0 saturated carbocycles. The molecular formula is C2H5Cl2NO3. The molecule has 4 nitrogen and oxygen atoms in total. The van der Waals surface area contributed by atoms with Crippen LogP contribution in [0, 0.1) is 10.5 Å². The number of carboxylic acid groups (broad SMARTS) is 1. The molecule has 0 rings (SSSR count). The molecule has 2 N–H and O–H groups in total. The maximum atomic E-state index is 9.24. The zero-order valence-corrected chi connectivity index (χ0v) is 5.33. The van der Waals surface area contributed by atoms with Gasteiger partial charge in [-0.2, -0.15) is 4.91 Å². The molecule has 0 aliphatic heterocycles. The summed E-state index contributed by atoms with van der Waals surface area (Å²) >= 11 is 4.74. The van der Waals surface area contributed by atoms with Crippen LogP contribution < -0.4 is 0 Å². The van der Waals surface area contributed by atoms with Gasteiger partial charge in [0.2, 0.25) is 0 Å². The summed E-state index contributed by atoms with van der Waals surface area (Å²) < 4.78 is 0. The fourth-order valence-electron chi connectivity index (χ4n) is 0. The lowest BCUT2D eigenvalue weighted by molar-refractivity contribution is -0.134. The van der Waals surface area contributed by atoms with Crippen molar-refractivity contribution in [3.8, 4) is 0 Å². The van der Waals surface area contributed by atoms with Crippen molar-refractivity contribution < 1.29 is 9.90 Å². The van der Waals surface area contributed by atoms with Crippen molar-refractivity contribution in [1.29, 1.82) is 5.59 Å². The van der Waals surface area contributed by atoms with Crippen LogP contribution in [0.15, 0.2) is 0 Å². The van der Waals surface area contributed by atoms with Crippen LogP contribution in [0.1, 0.15) is 0 Å². The normalized spacial score (nSPS) is 5.12. The monoisotopic (exact) mass is 161 g/mol. The van der Waals surface area contributed by atoms with Crippen LogP contribution in [0.4, 0.5) is 0 Å². The molecule has 0 aromatic carbocycles. The topological polar surface area (TPSA) is 78.2 Å². The van der Waals surface area contributed by atoms with Crippen LogP contribution in [0.2, 0.25) is 0 Å². The number of nitrogens with one attached hydrogen (secondary N) is 1. The van der Waals surface area contributed by atoms with Gasteiger partial charge in [-0.3, -0.25) is 4.79 Å². The third-order valence-corrected chi connectivity index (χ3v) is 0.343. The van der Waals surface area contributed by atoms with E-state index < -0.39 is 5.97 Å². The second-order valence-electron chi connectivity index (χ2n) is 0.527. The minimum absolute atomic E-state index is 0. The highest BCUT2D eigenvalue weighted by Gasteiger charge is 1.83. The first-order valence-electron chi connectivity index (χ1n) is 1.25. The summed E-state index contributed by atoms with van der Waals surface area (Å²) in [5.41, 5.74) is 4.50. The molecule has 0 aromatic heterocycles. The van der Waals surface area contributed by atoms with E-state index in [1.54, 1.807) is 0 Å². The second kappa shape index (κ2) is 15.9. The Kier molecular flexibility index (Phi) is 31.2. The maximum Gasteiger partial charge on any atom is 0.318 e. The molecule has 8 heavy (non-hydrogen) atoms. The highest BCUT2D eigenvalue weighted by atomic mass is 35.5. The van der Waals surface area contributed by atoms with E-state index in [0.717, 1.165) is 0 Å². The van der Waals surface area contributed by atoms with Crippen LogP contribution in [0.25, 0.3) is 0 Å². The number of halogens is 2. The zero-order valence-electron chi connectivity index (χ0n) is 3.76. The summed E-state index contributed by atoms with van der Waals surface area (Å²) in [5.74, 6) is -1.29. The standard InChI is InChI=1S/C2H3ClO2.ClH.HNO/c3-1-2(4)5;;1-2/h1H2,(H,4,5);1H;1H. The van der Waals surface area contributed by atoms with Crippen LogP contribution in [-0.2, 0) is 4.79 Å². The SMILES string of the molecule is Cl.N=O.O=C(O)CCl. The lowest BCUT2D eigenvalue weighted by atomic mass is 10.8. The quantitative estimate of drug-likeness (QED) is 0.446. The molecule has 0 aromatic rings. The highest BCUT2D eigenvalue weighted by molar-refractivity contribution is 6.26. The molecule has 0 saturated heterocycles. The van der Waals surface area contributed by atoms with Crippen molar-refractivity contribution in [2.24, 2.45) is 0 Å². The average molecular weight is 162 g/mol. The van der Waals surface area contributed by atoms with Gasteiger partial charge in [-0.25, -0.2) is 0 Å². The molecule has 0 unspecified atom stereocenters. The fraction of sp³-hybridized carbons (Fsp3) is 0.500. The Morgan fingerprint density at radius 2 is 1.75 bits per heavy atom. The molecule has 0 aliphatic rings. The Morgan fingerprint density at radius 1 is 1.62 bits per heavy atom. The number of hydrogen-bond donors (Lipinski definition) is 2.